The molecular weight excluding hydrogens is 238 g/mol. The van der Waals surface area contributed by atoms with Crippen LogP contribution in [0.4, 0.5) is 11.4 Å². The Morgan fingerprint density at radius 1 is 1.41 bits per heavy atom. The number of rotatable bonds is 5. The maximum atomic E-state index is 11.4. The minimum Gasteiger partial charge on any atom is -0.399 e. The van der Waals surface area contributed by atoms with Crippen molar-refractivity contribution in [3.05, 3.63) is 18.2 Å². The Labute approximate surface area is 102 Å². The summed E-state index contributed by atoms with van der Waals surface area (Å²) in [4.78, 5) is 0.0424. The monoisotopic (exact) mass is 257 g/mol. The SMILES string of the molecule is CCC(C)CNc1ccc(N)cc1S(N)(=O)=O. The number of hydrogen-bond acceptors (Lipinski definition) is 4. The Morgan fingerprint density at radius 3 is 2.59 bits per heavy atom. The van der Waals surface area contributed by atoms with Gasteiger partial charge < -0.3 is 11.1 Å². The van der Waals surface area contributed by atoms with Gasteiger partial charge in [0.1, 0.15) is 4.90 Å². The zero-order valence-electron chi connectivity index (χ0n) is 10.1. The molecule has 0 aliphatic rings. The van der Waals surface area contributed by atoms with E-state index in [0.29, 0.717) is 23.8 Å². The van der Waals surface area contributed by atoms with E-state index in [4.69, 9.17) is 10.9 Å². The first kappa shape index (κ1) is 13.8. The summed E-state index contributed by atoms with van der Waals surface area (Å²) < 4.78 is 22.8. The van der Waals surface area contributed by atoms with Gasteiger partial charge in [-0.15, -0.1) is 0 Å². The van der Waals surface area contributed by atoms with Crippen LogP contribution in [0.15, 0.2) is 23.1 Å². The molecule has 1 aromatic rings. The standard InChI is InChI=1S/C11H19N3O2S/c1-3-8(2)7-14-10-5-4-9(12)6-11(10)17(13,15)16/h4-6,8,14H,3,7,12H2,1-2H3,(H2,13,15,16). The molecule has 0 aliphatic heterocycles. The second-order valence-corrected chi connectivity index (χ2v) is 5.72. The average Bonchev–Trinajstić information content (AvgIpc) is 2.25. The molecule has 0 amide bonds. The van der Waals surface area contributed by atoms with Crippen LogP contribution >= 0.6 is 0 Å². The third-order valence-electron chi connectivity index (χ3n) is 2.65. The lowest BCUT2D eigenvalue weighted by Crippen LogP contribution is -2.17. The molecule has 0 bridgehead atoms. The topological polar surface area (TPSA) is 98.2 Å². The van der Waals surface area contributed by atoms with E-state index in [9.17, 15) is 8.42 Å². The van der Waals surface area contributed by atoms with Crippen LogP contribution in [0.3, 0.4) is 0 Å². The highest BCUT2D eigenvalue weighted by atomic mass is 32.2. The molecule has 17 heavy (non-hydrogen) atoms. The maximum Gasteiger partial charge on any atom is 0.240 e. The van der Waals surface area contributed by atoms with Gasteiger partial charge in [0, 0.05) is 12.2 Å². The molecule has 6 heteroatoms. The van der Waals surface area contributed by atoms with Crippen molar-refractivity contribution >= 4 is 21.4 Å². The smallest absolute Gasteiger partial charge is 0.240 e. The third kappa shape index (κ3) is 3.90. The highest BCUT2D eigenvalue weighted by Crippen LogP contribution is 2.23. The van der Waals surface area contributed by atoms with E-state index in [1.807, 2.05) is 0 Å². The van der Waals surface area contributed by atoms with Crippen LogP contribution in [0.25, 0.3) is 0 Å². The normalized spacial score (nSPS) is 13.4. The van der Waals surface area contributed by atoms with Gasteiger partial charge in [-0.3, -0.25) is 0 Å². The number of hydrogen-bond donors (Lipinski definition) is 3. The van der Waals surface area contributed by atoms with Gasteiger partial charge in [0.15, 0.2) is 0 Å². The molecule has 0 aromatic heterocycles. The maximum absolute atomic E-state index is 11.4. The molecule has 0 aliphatic carbocycles. The van der Waals surface area contributed by atoms with E-state index >= 15 is 0 Å². The number of sulfonamides is 1. The van der Waals surface area contributed by atoms with Crippen molar-refractivity contribution in [1.29, 1.82) is 0 Å². The van der Waals surface area contributed by atoms with Gasteiger partial charge in [0.25, 0.3) is 0 Å². The fourth-order valence-corrected chi connectivity index (χ4v) is 2.10. The molecule has 0 radical (unpaired) electrons. The molecule has 0 saturated heterocycles. The number of nitrogen functional groups attached to an aromatic ring is 1. The number of primary sulfonamides is 1. The minimum absolute atomic E-state index is 0.0424. The van der Waals surface area contributed by atoms with Gasteiger partial charge in [0.05, 0.1) is 5.69 Å². The lowest BCUT2D eigenvalue weighted by Gasteiger charge is -2.14. The van der Waals surface area contributed by atoms with Crippen LogP contribution in [0.2, 0.25) is 0 Å². The molecule has 0 spiro atoms. The Balaban J connectivity index is 3.00. The summed E-state index contributed by atoms with van der Waals surface area (Å²) in [7, 11) is -3.75. The zero-order valence-corrected chi connectivity index (χ0v) is 10.9. The zero-order chi connectivity index (χ0) is 13.1. The Hall–Kier alpha value is -1.27. The predicted molar refractivity (Wildman–Crippen MR) is 70.2 cm³/mol. The molecule has 0 fully saturated rings. The minimum atomic E-state index is -3.75. The van der Waals surface area contributed by atoms with Gasteiger partial charge in [-0.25, -0.2) is 13.6 Å². The van der Waals surface area contributed by atoms with Crippen molar-refractivity contribution in [2.24, 2.45) is 11.1 Å². The first-order valence-electron chi connectivity index (χ1n) is 5.50. The van der Waals surface area contributed by atoms with Gasteiger partial charge in [0.2, 0.25) is 10.0 Å². The van der Waals surface area contributed by atoms with Crippen LogP contribution in [0.1, 0.15) is 20.3 Å². The quantitative estimate of drug-likeness (QED) is 0.694. The summed E-state index contributed by atoms with van der Waals surface area (Å²) in [6, 6.07) is 4.65. The molecule has 5 N–H and O–H groups in total. The van der Waals surface area contributed by atoms with Crippen LogP contribution in [-0.4, -0.2) is 15.0 Å². The average molecular weight is 257 g/mol. The summed E-state index contributed by atoms with van der Waals surface area (Å²) in [5.41, 5.74) is 6.44. The van der Waals surface area contributed by atoms with Crippen LogP contribution in [0.5, 0.6) is 0 Å². The summed E-state index contributed by atoms with van der Waals surface area (Å²) in [5, 5.41) is 8.23. The largest absolute Gasteiger partial charge is 0.399 e. The fourth-order valence-electron chi connectivity index (χ4n) is 1.35. The number of benzene rings is 1. The van der Waals surface area contributed by atoms with Gasteiger partial charge in [-0.05, 0) is 24.1 Å². The van der Waals surface area contributed by atoms with E-state index in [-0.39, 0.29) is 4.90 Å². The Bertz CT molecular complexity index is 485. The van der Waals surface area contributed by atoms with Crippen molar-refractivity contribution < 1.29 is 8.42 Å². The van der Waals surface area contributed by atoms with E-state index < -0.39 is 10.0 Å². The first-order valence-corrected chi connectivity index (χ1v) is 7.05. The summed E-state index contributed by atoms with van der Waals surface area (Å²) >= 11 is 0. The molecule has 5 nitrogen and oxygen atoms in total. The predicted octanol–water partition coefficient (Wildman–Crippen LogP) is 1.37. The lowest BCUT2D eigenvalue weighted by atomic mass is 10.1. The van der Waals surface area contributed by atoms with Crippen molar-refractivity contribution in [3.8, 4) is 0 Å². The fraction of sp³-hybridized carbons (Fsp3) is 0.455. The molecule has 1 unspecified atom stereocenters. The second kappa shape index (κ2) is 5.37. The number of nitrogens with one attached hydrogen (secondary N) is 1. The van der Waals surface area contributed by atoms with E-state index in [1.165, 1.54) is 6.07 Å². The third-order valence-corrected chi connectivity index (χ3v) is 3.60. The second-order valence-electron chi connectivity index (χ2n) is 4.19. The highest BCUT2D eigenvalue weighted by molar-refractivity contribution is 7.89. The van der Waals surface area contributed by atoms with Crippen molar-refractivity contribution in [1.82, 2.24) is 0 Å². The van der Waals surface area contributed by atoms with Crippen LogP contribution < -0.4 is 16.2 Å². The van der Waals surface area contributed by atoms with Crippen molar-refractivity contribution in [2.75, 3.05) is 17.6 Å². The summed E-state index contributed by atoms with van der Waals surface area (Å²) in [6.45, 7) is 4.86. The van der Waals surface area contributed by atoms with Gasteiger partial charge in [-0.2, -0.15) is 0 Å². The van der Waals surface area contributed by atoms with Gasteiger partial charge >= 0.3 is 0 Å². The van der Waals surface area contributed by atoms with Crippen LogP contribution in [-0.2, 0) is 10.0 Å². The van der Waals surface area contributed by atoms with Crippen molar-refractivity contribution in [3.63, 3.8) is 0 Å². The van der Waals surface area contributed by atoms with E-state index in [2.05, 4.69) is 19.2 Å². The molecule has 0 saturated carbocycles. The molecule has 0 heterocycles. The Morgan fingerprint density at radius 2 is 2.06 bits per heavy atom. The first-order chi connectivity index (χ1) is 7.84. The van der Waals surface area contributed by atoms with E-state index in [0.717, 1.165) is 6.42 Å². The highest BCUT2D eigenvalue weighted by Gasteiger charge is 2.14. The number of nitrogens with two attached hydrogens (primary N) is 2. The van der Waals surface area contributed by atoms with Crippen molar-refractivity contribution in [2.45, 2.75) is 25.2 Å². The molecule has 1 rings (SSSR count). The summed E-state index contributed by atoms with van der Waals surface area (Å²) in [5.74, 6) is 0.459. The van der Waals surface area contributed by atoms with E-state index in [1.54, 1.807) is 12.1 Å². The van der Waals surface area contributed by atoms with Gasteiger partial charge in [-0.1, -0.05) is 20.3 Å². The summed E-state index contributed by atoms with van der Waals surface area (Å²) in [6.07, 6.45) is 1.02. The van der Waals surface area contributed by atoms with Crippen LogP contribution in [0, 0.1) is 5.92 Å². The Kier molecular flexibility index (Phi) is 4.36. The number of anilines is 2. The molecule has 96 valence electrons. The molecule has 1 atom stereocenters. The molecular formula is C11H19N3O2S. The lowest BCUT2D eigenvalue weighted by molar-refractivity contribution is 0.589. The molecule has 1 aromatic carbocycles.